The predicted octanol–water partition coefficient (Wildman–Crippen LogP) is 1.66. The van der Waals surface area contributed by atoms with Crippen molar-refractivity contribution in [2.45, 2.75) is 6.18 Å². The molecule has 0 saturated heterocycles. The summed E-state index contributed by atoms with van der Waals surface area (Å²) in [5.74, 6) is -1.87. The molecule has 0 aliphatic heterocycles. The Hall–Kier alpha value is -1.76. The topological polar surface area (TPSA) is 72.5 Å². The number of hydrogen-bond acceptors (Lipinski definition) is 3. The second-order valence-corrected chi connectivity index (χ2v) is 2.75. The zero-order valence-corrected chi connectivity index (χ0v) is 8.78. The molecule has 4 nitrogen and oxygen atoms in total. The molecule has 0 saturated carbocycles. The van der Waals surface area contributed by atoms with Crippen molar-refractivity contribution < 1.29 is 27.8 Å². The van der Waals surface area contributed by atoms with Crippen LogP contribution >= 0.6 is 0 Å². The molecule has 0 aromatic heterocycles. The van der Waals surface area contributed by atoms with E-state index in [-0.39, 0.29) is 0 Å². The third kappa shape index (κ3) is 8.09. The lowest BCUT2D eigenvalue weighted by Crippen LogP contribution is -2.21. The van der Waals surface area contributed by atoms with Gasteiger partial charge in [0.15, 0.2) is 0 Å². The molecule has 0 amide bonds. The largest absolute Gasteiger partial charge is 0.492 e. The monoisotopic (exact) mass is 251 g/mol. The summed E-state index contributed by atoms with van der Waals surface area (Å²) in [7, 11) is 0. The summed E-state index contributed by atoms with van der Waals surface area (Å²) < 4.78 is 37.0. The van der Waals surface area contributed by atoms with Gasteiger partial charge in [-0.2, -0.15) is 13.2 Å². The van der Waals surface area contributed by atoms with E-state index < -0.39 is 12.1 Å². The number of aliphatic carboxylic acids is 1. The van der Waals surface area contributed by atoms with Crippen LogP contribution in [0.25, 0.3) is 0 Å². The Balaban J connectivity index is 0.000000325. The summed E-state index contributed by atoms with van der Waals surface area (Å²) in [6.45, 7) is 1.15. The molecule has 0 atom stereocenters. The van der Waals surface area contributed by atoms with E-state index in [0.717, 1.165) is 5.75 Å². The SMILES string of the molecule is NCCOc1ccccc1.O=C(O)C(F)(F)F. The van der Waals surface area contributed by atoms with E-state index in [4.69, 9.17) is 20.4 Å². The van der Waals surface area contributed by atoms with Gasteiger partial charge >= 0.3 is 12.1 Å². The number of hydrogen-bond donors (Lipinski definition) is 2. The number of rotatable bonds is 3. The molecule has 1 aromatic carbocycles. The molecule has 0 unspecified atom stereocenters. The van der Waals surface area contributed by atoms with E-state index >= 15 is 0 Å². The van der Waals surface area contributed by atoms with E-state index in [2.05, 4.69) is 0 Å². The number of halogens is 3. The van der Waals surface area contributed by atoms with Crippen molar-refractivity contribution in [3.05, 3.63) is 30.3 Å². The molecule has 96 valence electrons. The van der Waals surface area contributed by atoms with E-state index in [1.807, 2.05) is 30.3 Å². The average Bonchev–Trinajstić information content (AvgIpc) is 2.27. The van der Waals surface area contributed by atoms with Crippen LogP contribution in [0.3, 0.4) is 0 Å². The third-order valence-corrected chi connectivity index (χ3v) is 1.37. The van der Waals surface area contributed by atoms with Crippen LogP contribution in [0, 0.1) is 0 Å². The zero-order valence-electron chi connectivity index (χ0n) is 8.78. The average molecular weight is 251 g/mol. The summed E-state index contributed by atoms with van der Waals surface area (Å²) in [6, 6.07) is 9.65. The van der Waals surface area contributed by atoms with Gasteiger partial charge in [-0.15, -0.1) is 0 Å². The zero-order chi connectivity index (χ0) is 13.3. The van der Waals surface area contributed by atoms with Gasteiger partial charge in [-0.25, -0.2) is 4.79 Å². The quantitative estimate of drug-likeness (QED) is 0.856. The minimum atomic E-state index is -5.08. The predicted molar refractivity (Wildman–Crippen MR) is 54.7 cm³/mol. The fourth-order valence-corrected chi connectivity index (χ4v) is 0.693. The Morgan fingerprint density at radius 3 is 2.12 bits per heavy atom. The van der Waals surface area contributed by atoms with Gasteiger partial charge in [0.1, 0.15) is 12.4 Å². The van der Waals surface area contributed by atoms with Crippen molar-refractivity contribution in [2.75, 3.05) is 13.2 Å². The highest BCUT2D eigenvalue weighted by molar-refractivity contribution is 5.73. The maximum Gasteiger partial charge on any atom is 0.490 e. The van der Waals surface area contributed by atoms with Gasteiger partial charge in [0.05, 0.1) is 0 Å². The van der Waals surface area contributed by atoms with Gasteiger partial charge < -0.3 is 15.6 Å². The van der Waals surface area contributed by atoms with E-state index in [0.29, 0.717) is 13.2 Å². The standard InChI is InChI=1S/C8H11NO.C2HF3O2/c9-6-7-10-8-4-2-1-3-5-8;3-2(4,5)1(6)7/h1-5H,6-7,9H2;(H,6,7). The summed E-state index contributed by atoms with van der Waals surface area (Å²) in [4.78, 5) is 8.90. The Kier molecular flexibility index (Phi) is 6.73. The first-order chi connectivity index (χ1) is 7.88. The lowest BCUT2D eigenvalue weighted by Gasteiger charge is -2.01. The first-order valence-electron chi connectivity index (χ1n) is 4.56. The minimum absolute atomic E-state index is 0.564. The molecule has 0 fully saturated rings. The van der Waals surface area contributed by atoms with Crippen LogP contribution < -0.4 is 10.5 Å². The van der Waals surface area contributed by atoms with Crippen LogP contribution in [0.5, 0.6) is 5.75 Å². The van der Waals surface area contributed by atoms with Crippen LogP contribution in [0.15, 0.2) is 30.3 Å². The van der Waals surface area contributed by atoms with Gasteiger partial charge in [-0.1, -0.05) is 18.2 Å². The fraction of sp³-hybridized carbons (Fsp3) is 0.300. The molecule has 0 heterocycles. The van der Waals surface area contributed by atoms with Crippen molar-refractivity contribution in [3.63, 3.8) is 0 Å². The highest BCUT2D eigenvalue weighted by atomic mass is 19.4. The summed E-state index contributed by atoms with van der Waals surface area (Å²) in [5.41, 5.74) is 5.25. The molecule has 0 aliphatic rings. The van der Waals surface area contributed by atoms with Gasteiger partial charge in [-0.3, -0.25) is 0 Å². The molecular formula is C10H12F3NO3. The molecular weight excluding hydrogens is 239 g/mol. The lowest BCUT2D eigenvalue weighted by molar-refractivity contribution is -0.192. The molecule has 0 aliphatic carbocycles. The van der Waals surface area contributed by atoms with Crippen LogP contribution in [-0.4, -0.2) is 30.4 Å². The molecule has 0 bridgehead atoms. The second-order valence-electron chi connectivity index (χ2n) is 2.75. The van der Waals surface area contributed by atoms with Crippen LogP contribution in [0.4, 0.5) is 13.2 Å². The summed E-state index contributed by atoms with van der Waals surface area (Å²) >= 11 is 0. The Morgan fingerprint density at radius 1 is 1.29 bits per heavy atom. The minimum Gasteiger partial charge on any atom is -0.492 e. The third-order valence-electron chi connectivity index (χ3n) is 1.37. The Labute approximate surface area is 95.8 Å². The first-order valence-corrected chi connectivity index (χ1v) is 4.56. The molecule has 0 spiro atoms. The summed E-state index contributed by atoms with van der Waals surface area (Å²) in [5, 5.41) is 7.12. The number of benzene rings is 1. The van der Waals surface area contributed by atoms with Crippen molar-refractivity contribution >= 4 is 5.97 Å². The number of carbonyl (C=O) groups is 1. The highest BCUT2D eigenvalue weighted by Gasteiger charge is 2.38. The highest BCUT2D eigenvalue weighted by Crippen LogP contribution is 2.13. The molecule has 1 aromatic rings. The Bertz CT molecular complexity index is 327. The molecule has 0 radical (unpaired) electrons. The molecule has 17 heavy (non-hydrogen) atoms. The first kappa shape index (κ1) is 15.2. The molecule has 7 heteroatoms. The van der Waals surface area contributed by atoms with Crippen molar-refractivity contribution in [3.8, 4) is 5.75 Å². The number of carboxylic acid groups (broad SMARTS) is 1. The lowest BCUT2D eigenvalue weighted by atomic mass is 10.3. The number of nitrogens with two attached hydrogens (primary N) is 1. The van der Waals surface area contributed by atoms with Gasteiger partial charge in [0.2, 0.25) is 0 Å². The summed E-state index contributed by atoms with van der Waals surface area (Å²) in [6.07, 6.45) is -5.08. The number of carboxylic acids is 1. The molecule has 3 N–H and O–H groups in total. The Morgan fingerprint density at radius 2 is 1.76 bits per heavy atom. The van der Waals surface area contributed by atoms with Gasteiger partial charge in [-0.05, 0) is 12.1 Å². The maximum atomic E-state index is 10.6. The number of ether oxygens (including phenoxy) is 1. The van der Waals surface area contributed by atoms with Gasteiger partial charge in [0.25, 0.3) is 0 Å². The van der Waals surface area contributed by atoms with E-state index in [9.17, 15) is 13.2 Å². The van der Waals surface area contributed by atoms with Crippen molar-refractivity contribution in [1.82, 2.24) is 0 Å². The van der Waals surface area contributed by atoms with Crippen LogP contribution in [-0.2, 0) is 4.79 Å². The van der Waals surface area contributed by atoms with E-state index in [1.54, 1.807) is 0 Å². The normalized spacial score (nSPS) is 10.1. The van der Waals surface area contributed by atoms with Crippen molar-refractivity contribution in [2.24, 2.45) is 5.73 Å². The van der Waals surface area contributed by atoms with Crippen LogP contribution in [0.2, 0.25) is 0 Å². The fourth-order valence-electron chi connectivity index (χ4n) is 0.693. The number of alkyl halides is 3. The van der Waals surface area contributed by atoms with Crippen molar-refractivity contribution in [1.29, 1.82) is 0 Å². The van der Waals surface area contributed by atoms with E-state index in [1.165, 1.54) is 0 Å². The number of para-hydroxylation sites is 1. The van der Waals surface area contributed by atoms with Crippen LogP contribution in [0.1, 0.15) is 0 Å². The molecule has 1 rings (SSSR count). The second kappa shape index (κ2) is 7.50. The van der Waals surface area contributed by atoms with Gasteiger partial charge in [0, 0.05) is 6.54 Å². The maximum absolute atomic E-state index is 10.6. The smallest absolute Gasteiger partial charge is 0.490 e.